The van der Waals surface area contributed by atoms with E-state index in [1.54, 1.807) is 12.1 Å². The molecule has 1 heterocycles. The van der Waals surface area contributed by atoms with Crippen molar-refractivity contribution in [3.05, 3.63) is 52.1 Å². The summed E-state index contributed by atoms with van der Waals surface area (Å²) in [5.74, 6) is -0.390. The first-order valence-corrected chi connectivity index (χ1v) is 7.14. The number of carboxylic acid groups (broad SMARTS) is 1. The first kappa shape index (κ1) is 14.5. The average molecular weight is 335 g/mol. The summed E-state index contributed by atoms with van der Waals surface area (Å²) in [6.07, 6.45) is 1.68. The Hall–Kier alpha value is -1.88. The largest absolute Gasteiger partial charge is 0.478 e. The highest BCUT2D eigenvalue weighted by atomic mass is 79.9. The standard InChI is InChI=1S/C15H15BrN2O2/c1-2-3-13-8-10(15(19)20)9-14(18-13)17-12-6-4-11(16)5-7-12/h4-9H,2-3H2,1H3,(H,17,18)(H,19,20). The van der Waals surface area contributed by atoms with Gasteiger partial charge in [0.05, 0.1) is 5.56 Å². The predicted molar refractivity (Wildman–Crippen MR) is 82.6 cm³/mol. The predicted octanol–water partition coefficient (Wildman–Crippen LogP) is 4.24. The molecule has 2 rings (SSSR count). The average Bonchev–Trinajstić information content (AvgIpc) is 2.41. The number of nitrogens with zero attached hydrogens (tertiary/aromatic N) is 1. The molecule has 1 aromatic carbocycles. The Morgan fingerprint density at radius 3 is 2.60 bits per heavy atom. The number of aromatic nitrogens is 1. The van der Waals surface area contributed by atoms with Crippen LogP contribution < -0.4 is 5.32 Å². The molecule has 0 saturated heterocycles. The van der Waals surface area contributed by atoms with Crippen LogP contribution in [0.2, 0.25) is 0 Å². The highest BCUT2D eigenvalue weighted by Gasteiger charge is 2.08. The lowest BCUT2D eigenvalue weighted by Crippen LogP contribution is -2.03. The zero-order valence-corrected chi connectivity index (χ0v) is 12.6. The molecule has 2 N–H and O–H groups in total. The number of anilines is 2. The Morgan fingerprint density at radius 2 is 2.00 bits per heavy atom. The van der Waals surface area contributed by atoms with E-state index in [1.807, 2.05) is 31.2 Å². The van der Waals surface area contributed by atoms with E-state index in [-0.39, 0.29) is 5.56 Å². The van der Waals surface area contributed by atoms with E-state index >= 15 is 0 Å². The summed E-state index contributed by atoms with van der Waals surface area (Å²) in [4.78, 5) is 15.6. The van der Waals surface area contributed by atoms with Crippen molar-refractivity contribution in [1.82, 2.24) is 4.98 Å². The summed E-state index contributed by atoms with van der Waals surface area (Å²) in [6.45, 7) is 2.04. The second-order valence-electron chi connectivity index (χ2n) is 4.42. The molecule has 0 aliphatic rings. The van der Waals surface area contributed by atoms with Gasteiger partial charge in [-0.25, -0.2) is 9.78 Å². The van der Waals surface area contributed by atoms with Gasteiger partial charge in [0.1, 0.15) is 5.82 Å². The molecule has 0 atom stereocenters. The number of aromatic carboxylic acids is 1. The summed E-state index contributed by atoms with van der Waals surface area (Å²) >= 11 is 3.37. The molecule has 4 nitrogen and oxygen atoms in total. The number of halogens is 1. The number of rotatable bonds is 5. The first-order valence-electron chi connectivity index (χ1n) is 6.35. The quantitative estimate of drug-likeness (QED) is 0.858. The van der Waals surface area contributed by atoms with E-state index in [0.717, 1.165) is 28.7 Å². The number of carboxylic acids is 1. The van der Waals surface area contributed by atoms with E-state index in [4.69, 9.17) is 5.11 Å². The SMILES string of the molecule is CCCc1cc(C(=O)O)cc(Nc2ccc(Br)cc2)n1. The Bertz CT molecular complexity index is 612. The van der Waals surface area contributed by atoms with Crippen LogP contribution in [0.1, 0.15) is 29.4 Å². The van der Waals surface area contributed by atoms with Crippen LogP contribution in [0, 0.1) is 0 Å². The van der Waals surface area contributed by atoms with Crippen molar-refractivity contribution in [2.24, 2.45) is 0 Å². The summed E-state index contributed by atoms with van der Waals surface area (Å²) < 4.78 is 0.988. The van der Waals surface area contributed by atoms with Gasteiger partial charge < -0.3 is 10.4 Å². The third-order valence-corrected chi connectivity index (χ3v) is 3.28. The lowest BCUT2D eigenvalue weighted by Gasteiger charge is -2.09. The zero-order chi connectivity index (χ0) is 14.5. The third kappa shape index (κ3) is 3.81. The molecule has 0 aliphatic carbocycles. The summed E-state index contributed by atoms with van der Waals surface area (Å²) in [7, 11) is 0. The van der Waals surface area contributed by atoms with Crippen LogP contribution in [0.25, 0.3) is 0 Å². The number of hydrogen-bond acceptors (Lipinski definition) is 3. The highest BCUT2D eigenvalue weighted by molar-refractivity contribution is 9.10. The second kappa shape index (κ2) is 6.52. The maximum atomic E-state index is 11.1. The molecule has 5 heteroatoms. The van der Waals surface area contributed by atoms with Crippen molar-refractivity contribution in [1.29, 1.82) is 0 Å². The van der Waals surface area contributed by atoms with Crippen molar-refractivity contribution in [3.63, 3.8) is 0 Å². The van der Waals surface area contributed by atoms with Crippen LogP contribution in [0.3, 0.4) is 0 Å². The summed E-state index contributed by atoms with van der Waals surface area (Å²) in [5.41, 5.74) is 1.90. The fourth-order valence-electron chi connectivity index (χ4n) is 1.84. The first-order chi connectivity index (χ1) is 9.58. The monoisotopic (exact) mass is 334 g/mol. The van der Waals surface area contributed by atoms with Crippen LogP contribution in [0.5, 0.6) is 0 Å². The fraction of sp³-hybridized carbons (Fsp3) is 0.200. The number of hydrogen-bond donors (Lipinski definition) is 2. The van der Waals surface area contributed by atoms with Gasteiger partial charge in [0.25, 0.3) is 0 Å². The molecule has 2 aromatic rings. The van der Waals surface area contributed by atoms with Gasteiger partial charge in [0, 0.05) is 15.9 Å². The molecule has 0 spiro atoms. The maximum Gasteiger partial charge on any atom is 0.335 e. The van der Waals surface area contributed by atoms with E-state index in [0.29, 0.717) is 5.82 Å². The van der Waals surface area contributed by atoms with Gasteiger partial charge in [-0.1, -0.05) is 29.3 Å². The van der Waals surface area contributed by atoms with Crippen molar-refractivity contribution in [2.75, 3.05) is 5.32 Å². The molecule has 0 unspecified atom stereocenters. The molecule has 1 aromatic heterocycles. The molecule has 0 aliphatic heterocycles. The number of aryl methyl sites for hydroxylation is 1. The van der Waals surface area contributed by atoms with Crippen LogP contribution in [0.4, 0.5) is 11.5 Å². The molecule has 104 valence electrons. The minimum atomic E-state index is -0.941. The Kier molecular flexibility index (Phi) is 4.74. The van der Waals surface area contributed by atoms with Crippen molar-refractivity contribution in [3.8, 4) is 0 Å². The molecule has 0 radical (unpaired) electrons. The minimum Gasteiger partial charge on any atom is -0.478 e. The minimum absolute atomic E-state index is 0.253. The smallest absolute Gasteiger partial charge is 0.335 e. The van der Waals surface area contributed by atoms with E-state index in [2.05, 4.69) is 26.2 Å². The molecule has 20 heavy (non-hydrogen) atoms. The molecule has 0 amide bonds. The van der Waals surface area contributed by atoms with Gasteiger partial charge in [-0.15, -0.1) is 0 Å². The summed E-state index contributed by atoms with van der Waals surface area (Å²) in [5, 5.41) is 12.3. The van der Waals surface area contributed by atoms with Crippen molar-refractivity contribution in [2.45, 2.75) is 19.8 Å². The number of benzene rings is 1. The van der Waals surface area contributed by atoms with Gasteiger partial charge in [-0.05, 0) is 42.8 Å². The zero-order valence-electron chi connectivity index (χ0n) is 11.1. The van der Waals surface area contributed by atoms with Gasteiger partial charge in [0.15, 0.2) is 0 Å². The van der Waals surface area contributed by atoms with Crippen molar-refractivity contribution >= 4 is 33.4 Å². The normalized spacial score (nSPS) is 10.3. The van der Waals surface area contributed by atoms with Crippen LogP contribution >= 0.6 is 15.9 Å². The van der Waals surface area contributed by atoms with Gasteiger partial charge in [-0.2, -0.15) is 0 Å². The van der Waals surface area contributed by atoms with Crippen LogP contribution in [-0.4, -0.2) is 16.1 Å². The van der Waals surface area contributed by atoms with E-state index in [9.17, 15) is 4.79 Å². The van der Waals surface area contributed by atoms with Gasteiger partial charge >= 0.3 is 5.97 Å². The van der Waals surface area contributed by atoms with Crippen molar-refractivity contribution < 1.29 is 9.90 Å². The molecular weight excluding hydrogens is 320 g/mol. The second-order valence-corrected chi connectivity index (χ2v) is 5.34. The molecule has 0 fully saturated rings. The Balaban J connectivity index is 2.29. The van der Waals surface area contributed by atoms with Crippen LogP contribution in [-0.2, 0) is 6.42 Å². The number of carbonyl (C=O) groups is 1. The lowest BCUT2D eigenvalue weighted by molar-refractivity contribution is 0.0696. The van der Waals surface area contributed by atoms with Crippen LogP contribution in [0.15, 0.2) is 40.9 Å². The number of nitrogens with one attached hydrogen (secondary N) is 1. The topological polar surface area (TPSA) is 62.2 Å². The van der Waals surface area contributed by atoms with Gasteiger partial charge in [-0.3, -0.25) is 0 Å². The summed E-state index contributed by atoms with van der Waals surface area (Å²) in [6, 6.07) is 10.8. The third-order valence-electron chi connectivity index (χ3n) is 2.75. The fourth-order valence-corrected chi connectivity index (χ4v) is 2.10. The number of pyridine rings is 1. The Morgan fingerprint density at radius 1 is 1.30 bits per heavy atom. The van der Waals surface area contributed by atoms with Gasteiger partial charge in [0.2, 0.25) is 0 Å². The molecular formula is C15H15BrN2O2. The van der Waals surface area contributed by atoms with E-state index < -0.39 is 5.97 Å². The Labute approximate surface area is 126 Å². The van der Waals surface area contributed by atoms with E-state index in [1.165, 1.54) is 0 Å². The maximum absolute atomic E-state index is 11.1. The molecule has 0 saturated carbocycles. The highest BCUT2D eigenvalue weighted by Crippen LogP contribution is 2.20. The lowest BCUT2D eigenvalue weighted by atomic mass is 10.1. The molecule has 0 bridgehead atoms.